The number of carboxylic acid groups (broad SMARTS) is 1. The van der Waals surface area contributed by atoms with Crippen LogP contribution in [-0.2, 0) is 15.1 Å². The van der Waals surface area contributed by atoms with Crippen LogP contribution in [0, 0.1) is 0 Å². The van der Waals surface area contributed by atoms with Crippen molar-refractivity contribution < 1.29 is 19.4 Å². The number of aliphatic carboxylic acids is 1. The van der Waals surface area contributed by atoms with E-state index in [1.165, 1.54) is 6.08 Å². The van der Waals surface area contributed by atoms with Gasteiger partial charge in [0.25, 0.3) is 0 Å². The summed E-state index contributed by atoms with van der Waals surface area (Å²) in [4.78, 5) is 21.8. The molecule has 1 aliphatic rings. The van der Waals surface area contributed by atoms with Gasteiger partial charge in [-0.1, -0.05) is 6.07 Å². The van der Waals surface area contributed by atoms with Gasteiger partial charge >= 0.3 is 12.1 Å². The lowest BCUT2D eigenvalue weighted by Crippen LogP contribution is -2.34. The number of ether oxygens (including phenoxy) is 1. The van der Waals surface area contributed by atoms with Crippen LogP contribution >= 0.6 is 0 Å². The van der Waals surface area contributed by atoms with Crippen LogP contribution in [0.4, 0.5) is 10.5 Å². The standard InChI is InChI=1S/C13H13NO4/c1-13(2)9-7-8(4-6-11(15)16)3-5-10(9)14-12(17)18-13/h3-7H,1-2H3,(H,14,17)(H,15,16). The molecule has 18 heavy (non-hydrogen) atoms. The number of carbonyl (C=O) groups is 2. The molecule has 0 radical (unpaired) electrons. The summed E-state index contributed by atoms with van der Waals surface area (Å²) in [6.45, 7) is 3.57. The van der Waals surface area contributed by atoms with Gasteiger partial charge in [-0.2, -0.15) is 0 Å². The van der Waals surface area contributed by atoms with Crippen molar-refractivity contribution in [2.75, 3.05) is 5.32 Å². The molecule has 0 atom stereocenters. The molecule has 0 unspecified atom stereocenters. The summed E-state index contributed by atoms with van der Waals surface area (Å²) in [6.07, 6.45) is 2.08. The van der Waals surface area contributed by atoms with Crippen LogP contribution in [0.5, 0.6) is 0 Å². The second-order valence-corrected chi connectivity index (χ2v) is 4.50. The number of cyclic esters (lactones) is 1. The Kier molecular flexibility index (Phi) is 2.82. The Morgan fingerprint density at radius 2 is 2.17 bits per heavy atom. The summed E-state index contributed by atoms with van der Waals surface area (Å²) < 4.78 is 5.19. The minimum Gasteiger partial charge on any atom is -0.478 e. The molecular formula is C13H13NO4. The second-order valence-electron chi connectivity index (χ2n) is 4.50. The van der Waals surface area contributed by atoms with Crippen LogP contribution in [0.25, 0.3) is 6.08 Å². The summed E-state index contributed by atoms with van der Waals surface area (Å²) in [5, 5.41) is 11.2. The fourth-order valence-electron chi connectivity index (χ4n) is 1.86. The van der Waals surface area contributed by atoms with Gasteiger partial charge in [-0.3, -0.25) is 5.32 Å². The molecule has 0 saturated carbocycles. The first-order valence-electron chi connectivity index (χ1n) is 5.44. The van der Waals surface area contributed by atoms with Gasteiger partial charge in [-0.25, -0.2) is 9.59 Å². The molecule has 1 aliphatic heterocycles. The molecule has 0 fully saturated rings. The topological polar surface area (TPSA) is 75.6 Å². The number of anilines is 1. The molecular weight excluding hydrogens is 234 g/mol. The monoisotopic (exact) mass is 247 g/mol. The lowest BCUT2D eigenvalue weighted by atomic mass is 9.93. The van der Waals surface area contributed by atoms with E-state index >= 15 is 0 Å². The summed E-state index contributed by atoms with van der Waals surface area (Å²) in [5.41, 5.74) is 1.51. The Labute approximate surface area is 104 Å². The number of amides is 1. The van der Waals surface area contributed by atoms with Crippen molar-refractivity contribution in [2.24, 2.45) is 0 Å². The first-order chi connectivity index (χ1) is 8.38. The zero-order valence-corrected chi connectivity index (χ0v) is 10.1. The first kappa shape index (κ1) is 12.2. The van der Waals surface area contributed by atoms with Gasteiger partial charge in [0.2, 0.25) is 0 Å². The maximum absolute atomic E-state index is 11.3. The molecule has 0 aromatic heterocycles. The number of benzene rings is 1. The number of carbonyl (C=O) groups excluding carboxylic acids is 1. The largest absolute Gasteiger partial charge is 0.478 e. The fraction of sp³-hybridized carbons (Fsp3) is 0.231. The molecule has 1 aromatic rings. The predicted octanol–water partition coefficient (Wildman–Crippen LogP) is 2.58. The molecule has 2 N–H and O–H groups in total. The minimum absolute atomic E-state index is 0.485. The zero-order chi connectivity index (χ0) is 13.3. The third kappa shape index (κ3) is 2.34. The highest BCUT2D eigenvalue weighted by Crippen LogP contribution is 2.36. The molecule has 1 aromatic carbocycles. The van der Waals surface area contributed by atoms with Gasteiger partial charge < -0.3 is 9.84 Å². The van der Waals surface area contributed by atoms with E-state index in [0.717, 1.165) is 17.2 Å². The third-order valence-electron chi connectivity index (χ3n) is 2.70. The van der Waals surface area contributed by atoms with Gasteiger partial charge in [0.05, 0.1) is 5.69 Å². The maximum atomic E-state index is 11.3. The van der Waals surface area contributed by atoms with Crippen molar-refractivity contribution in [3.05, 3.63) is 35.4 Å². The van der Waals surface area contributed by atoms with Gasteiger partial charge in [0.15, 0.2) is 0 Å². The van der Waals surface area contributed by atoms with E-state index < -0.39 is 17.7 Å². The van der Waals surface area contributed by atoms with Crippen molar-refractivity contribution in [3.8, 4) is 0 Å². The Balaban J connectivity index is 2.42. The van der Waals surface area contributed by atoms with Crippen molar-refractivity contribution in [2.45, 2.75) is 19.4 Å². The molecule has 0 spiro atoms. The van der Waals surface area contributed by atoms with Crippen LogP contribution in [0.3, 0.4) is 0 Å². The van der Waals surface area contributed by atoms with Crippen molar-refractivity contribution in [1.29, 1.82) is 0 Å². The van der Waals surface area contributed by atoms with Gasteiger partial charge in [0.1, 0.15) is 5.60 Å². The fourth-order valence-corrected chi connectivity index (χ4v) is 1.86. The molecule has 94 valence electrons. The molecule has 2 rings (SSSR count). The summed E-state index contributed by atoms with van der Waals surface area (Å²) in [5.74, 6) is -1.00. The van der Waals surface area contributed by atoms with Gasteiger partial charge in [0, 0.05) is 11.6 Å². The number of fused-ring (bicyclic) bond motifs is 1. The van der Waals surface area contributed by atoms with E-state index in [1.807, 2.05) is 0 Å². The van der Waals surface area contributed by atoms with Crippen LogP contribution in [-0.4, -0.2) is 17.2 Å². The molecule has 5 heteroatoms. The van der Waals surface area contributed by atoms with Crippen molar-refractivity contribution >= 4 is 23.8 Å². The molecule has 0 bridgehead atoms. The number of carboxylic acids is 1. The number of hydrogen-bond acceptors (Lipinski definition) is 3. The maximum Gasteiger partial charge on any atom is 0.412 e. The highest BCUT2D eigenvalue weighted by Gasteiger charge is 2.33. The number of rotatable bonds is 2. The summed E-state index contributed by atoms with van der Waals surface area (Å²) in [7, 11) is 0. The van der Waals surface area contributed by atoms with E-state index in [2.05, 4.69) is 5.32 Å². The van der Waals surface area contributed by atoms with Crippen LogP contribution in [0.15, 0.2) is 24.3 Å². The van der Waals surface area contributed by atoms with Gasteiger partial charge in [-0.15, -0.1) is 0 Å². The SMILES string of the molecule is CC1(C)OC(=O)Nc2ccc(C=CC(=O)O)cc21. The molecule has 0 aliphatic carbocycles. The lowest BCUT2D eigenvalue weighted by molar-refractivity contribution is -0.131. The normalized spacial score (nSPS) is 16.9. The first-order valence-corrected chi connectivity index (χ1v) is 5.44. The third-order valence-corrected chi connectivity index (χ3v) is 2.70. The number of hydrogen-bond donors (Lipinski definition) is 2. The Morgan fingerprint density at radius 1 is 1.44 bits per heavy atom. The quantitative estimate of drug-likeness (QED) is 0.787. The second kappa shape index (κ2) is 4.18. The van der Waals surface area contributed by atoms with Crippen molar-refractivity contribution in [1.82, 2.24) is 0 Å². The molecule has 1 amide bonds. The Bertz CT molecular complexity index is 546. The number of nitrogens with one attached hydrogen (secondary N) is 1. The predicted molar refractivity (Wildman–Crippen MR) is 66.2 cm³/mol. The highest BCUT2D eigenvalue weighted by molar-refractivity contribution is 5.89. The van der Waals surface area contributed by atoms with E-state index in [1.54, 1.807) is 32.0 Å². The Morgan fingerprint density at radius 3 is 2.83 bits per heavy atom. The van der Waals surface area contributed by atoms with Gasteiger partial charge in [-0.05, 0) is 37.6 Å². The lowest BCUT2D eigenvalue weighted by Gasteiger charge is -2.32. The zero-order valence-electron chi connectivity index (χ0n) is 10.1. The average Bonchev–Trinajstić information content (AvgIpc) is 2.25. The summed E-state index contributed by atoms with van der Waals surface area (Å²) >= 11 is 0. The molecule has 1 heterocycles. The van der Waals surface area contributed by atoms with Crippen LogP contribution in [0.1, 0.15) is 25.0 Å². The van der Waals surface area contributed by atoms with E-state index in [0.29, 0.717) is 5.69 Å². The van der Waals surface area contributed by atoms with Crippen LogP contribution < -0.4 is 5.32 Å². The smallest absolute Gasteiger partial charge is 0.412 e. The van der Waals surface area contributed by atoms with E-state index in [-0.39, 0.29) is 0 Å². The van der Waals surface area contributed by atoms with E-state index in [9.17, 15) is 9.59 Å². The van der Waals surface area contributed by atoms with Crippen LogP contribution in [0.2, 0.25) is 0 Å². The van der Waals surface area contributed by atoms with E-state index in [4.69, 9.17) is 9.84 Å². The molecule has 5 nitrogen and oxygen atoms in total. The molecule has 0 saturated heterocycles. The van der Waals surface area contributed by atoms with Crippen molar-refractivity contribution in [3.63, 3.8) is 0 Å². The average molecular weight is 247 g/mol. The summed E-state index contributed by atoms with van der Waals surface area (Å²) in [6, 6.07) is 5.27. The minimum atomic E-state index is -1.00. The Hall–Kier alpha value is -2.30. The highest BCUT2D eigenvalue weighted by atomic mass is 16.6.